The maximum Gasteiger partial charge on any atom is 0.282 e. The molecule has 7 heteroatoms. The first kappa shape index (κ1) is 16.2. The van der Waals surface area contributed by atoms with Crippen LogP contribution in [-0.2, 0) is 0 Å². The topological polar surface area (TPSA) is 70.1 Å². The fraction of sp³-hybridized carbons (Fsp3) is 0.786. The Morgan fingerprint density at radius 3 is 2.95 bits per heavy atom. The highest BCUT2D eigenvalue weighted by atomic mass is 32.1. The summed E-state index contributed by atoms with van der Waals surface area (Å²) in [6, 6.07) is 0.584. The Balaban J connectivity index is 1.76. The Bertz CT molecular complexity index is 462. The molecular formula is C14H25N5OS. The zero-order chi connectivity index (χ0) is 15.2. The second-order valence-electron chi connectivity index (χ2n) is 5.79. The van der Waals surface area contributed by atoms with Crippen LogP contribution in [0.4, 0.5) is 5.13 Å². The fourth-order valence-electron chi connectivity index (χ4n) is 2.43. The van der Waals surface area contributed by atoms with Crippen molar-refractivity contribution in [1.82, 2.24) is 20.4 Å². The van der Waals surface area contributed by atoms with Crippen LogP contribution < -0.4 is 10.6 Å². The zero-order valence-corrected chi connectivity index (χ0v) is 13.9. The van der Waals surface area contributed by atoms with Crippen LogP contribution in [0.2, 0.25) is 0 Å². The summed E-state index contributed by atoms with van der Waals surface area (Å²) in [6.45, 7) is 10.3. The van der Waals surface area contributed by atoms with Crippen LogP contribution in [0.15, 0.2) is 0 Å². The van der Waals surface area contributed by atoms with Crippen LogP contribution in [0.3, 0.4) is 0 Å². The molecule has 2 N–H and O–H groups in total. The third kappa shape index (κ3) is 4.64. The third-order valence-electron chi connectivity index (χ3n) is 3.74. The molecule has 0 saturated carbocycles. The summed E-state index contributed by atoms with van der Waals surface area (Å²) in [5.74, 6) is 0.432. The monoisotopic (exact) mass is 311 g/mol. The number of hydrogen-bond donors (Lipinski definition) is 2. The highest BCUT2D eigenvalue weighted by molar-refractivity contribution is 7.17. The average molecular weight is 311 g/mol. The van der Waals surface area contributed by atoms with Gasteiger partial charge in [0, 0.05) is 25.7 Å². The van der Waals surface area contributed by atoms with Gasteiger partial charge in [0.15, 0.2) is 0 Å². The normalized spacial score (nSPS) is 19.1. The number of carbonyl (C=O) groups excluding carboxylic acids is 1. The number of nitrogens with zero attached hydrogens (tertiary/aromatic N) is 3. The summed E-state index contributed by atoms with van der Waals surface area (Å²) in [5, 5.41) is 15.2. The van der Waals surface area contributed by atoms with Crippen molar-refractivity contribution in [3.63, 3.8) is 0 Å². The number of amides is 1. The Labute approximate surface area is 130 Å². The first-order valence-electron chi connectivity index (χ1n) is 7.69. The Morgan fingerprint density at radius 2 is 2.29 bits per heavy atom. The van der Waals surface area contributed by atoms with Gasteiger partial charge in [-0.2, -0.15) is 0 Å². The largest absolute Gasteiger partial charge is 0.360 e. The van der Waals surface area contributed by atoms with Gasteiger partial charge in [0.05, 0.1) is 0 Å². The Kier molecular flexibility index (Phi) is 5.93. The minimum atomic E-state index is -0.111. The molecule has 118 valence electrons. The van der Waals surface area contributed by atoms with Crippen molar-refractivity contribution >= 4 is 22.4 Å². The molecule has 1 atom stereocenters. The lowest BCUT2D eigenvalue weighted by atomic mass is 10.1. The molecular weight excluding hydrogens is 286 g/mol. The number of rotatable bonds is 7. The van der Waals surface area contributed by atoms with Gasteiger partial charge in [-0.1, -0.05) is 18.3 Å². The Hall–Kier alpha value is -1.21. The zero-order valence-electron chi connectivity index (χ0n) is 13.1. The van der Waals surface area contributed by atoms with Crippen molar-refractivity contribution in [2.45, 2.75) is 39.7 Å². The lowest BCUT2D eigenvalue weighted by molar-refractivity contribution is 0.0946. The minimum Gasteiger partial charge on any atom is -0.360 e. The van der Waals surface area contributed by atoms with Crippen molar-refractivity contribution in [2.75, 3.05) is 31.5 Å². The first-order valence-corrected chi connectivity index (χ1v) is 8.51. The lowest BCUT2D eigenvalue weighted by Crippen LogP contribution is -2.32. The van der Waals surface area contributed by atoms with Crippen LogP contribution in [-0.4, -0.2) is 53.2 Å². The predicted octanol–water partition coefficient (Wildman–Crippen LogP) is 1.82. The van der Waals surface area contributed by atoms with E-state index in [0.29, 0.717) is 22.1 Å². The van der Waals surface area contributed by atoms with Gasteiger partial charge in [0.2, 0.25) is 10.1 Å². The number of likely N-dealkylation sites (tertiary alicyclic amines) is 1. The summed E-state index contributed by atoms with van der Waals surface area (Å²) >= 11 is 1.31. The van der Waals surface area contributed by atoms with E-state index in [9.17, 15) is 4.79 Å². The molecule has 1 fully saturated rings. The lowest BCUT2D eigenvalue weighted by Gasteiger charge is -2.20. The van der Waals surface area contributed by atoms with Gasteiger partial charge >= 0.3 is 0 Å². The molecule has 0 bridgehead atoms. The van der Waals surface area contributed by atoms with Crippen LogP contribution >= 0.6 is 11.3 Å². The van der Waals surface area contributed by atoms with Gasteiger partial charge in [0.1, 0.15) is 0 Å². The van der Waals surface area contributed by atoms with Crippen LogP contribution in [0, 0.1) is 5.92 Å². The number of nitrogens with one attached hydrogen (secondary N) is 2. The summed E-state index contributed by atoms with van der Waals surface area (Å²) in [5.41, 5.74) is 0. The Morgan fingerprint density at radius 1 is 1.48 bits per heavy atom. The quantitative estimate of drug-likeness (QED) is 0.804. The predicted molar refractivity (Wildman–Crippen MR) is 85.8 cm³/mol. The second kappa shape index (κ2) is 7.70. The van der Waals surface area contributed by atoms with Crippen molar-refractivity contribution in [2.24, 2.45) is 5.92 Å². The first-order chi connectivity index (χ1) is 10.1. The summed E-state index contributed by atoms with van der Waals surface area (Å²) in [4.78, 5) is 14.5. The summed E-state index contributed by atoms with van der Waals surface area (Å²) in [7, 11) is 0. The van der Waals surface area contributed by atoms with E-state index in [4.69, 9.17) is 0 Å². The van der Waals surface area contributed by atoms with Crippen molar-refractivity contribution in [3.05, 3.63) is 5.01 Å². The molecule has 21 heavy (non-hydrogen) atoms. The number of hydrogen-bond acceptors (Lipinski definition) is 6. The molecule has 1 aliphatic rings. The van der Waals surface area contributed by atoms with E-state index in [1.807, 2.05) is 0 Å². The second-order valence-corrected chi connectivity index (χ2v) is 6.77. The fourth-order valence-corrected chi connectivity index (χ4v) is 3.11. The number of aromatic nitrogens is 2. The highest BCUT2D eigenvalue weighted by Crippen LogP contribution is 2.18. The van der Waals surface area contributed by atoms with Crippen LogP contribution in [0.5, 0.6) is 0 Å². The van der Waals surface area contributed by atoms with Gasteiger partial charge in [0.25, 0.3) is 5.91 Å². The van der Waals surface area contributed by atoms with Gasteiger partial charge < -0.3 is 15.5 Å². The molecule has 0 spiro atoms. The standard InChI is InChI=1S/C14H25N5OS/c1-4-6-15-14-18-17-13(21-14)12(20)16-8-11-5-7-19(9-11)10(2)3/h10-11H,4-9H2,1-3H3,(H,15,18)(H,16,20). The van der Waals surface area contributed by atoms with Gasteiger partial charge in [-0.05, 0) is 39.2 Å². The minimum absolute atomic E-state index is 0.111. The molecule has 1 saturated heterocycles. The smallest absolute Gasteiger partial charge is 0.282 e. The molecule has 0 radical (unpaired) electrons. The number of carbonyl (C=O) groups is 1. The summed E-state index contributed by atoms with van der Waals surface area (Å²) < 4.78 is 0. The van der Waals surface area contributed by atoms with Crippen molar-refractivity contribution in [3.8, 4) is 0 Å². The molecule has 1 amide bonds. The van der Waals surface area contributed by atoms with E-state index in [1.165, 1.54) is 11.3 Å². The molecule has 6 nitrogen and oxygen atoms in total. The molecule has 1 aromatic rings. The maximum atomic E-state index is 12.1. The van der Waals surface area contributed by atoms with Gasteiger partial charge in [-0.3, -0.25) is 4.79 Å². The molecule has 1 aromatic heterocycles. The third-order valence-corrected chi connectivity index (χ3v) is 4.62. The molecule has 1 unspecified atom stereocenters. The highest BCUT2D eigenvalue weighted by Gasteiger charge is 2.24. The van der Waals surface area contributed by atoms with Crippen molar-refractivity contribution < 1.29 is 4.79 Å². The van der Waals surface area contributed by atoms with E-state index in [1.54, 1.807) is 0 Å². The van der Waals surface area contributed by atoms with Crippen molar-refractivity contribution in [1.29, 1.82) is 0 Å². The maximum absolute atomic E-state index is 12.1. The van der Waals surface area contributed by atoms with E-state index in [-0.39, 0.29) is 5.91 Å². The molecule has 2 heterocycles. The van der Waals surface area contributed by atoms with E-state index in [0.717, 1.165) is 39.0 Å². The van der Waals surface area contributed by atoms with E-state index in [2.05, 4.69) is 46.5 Å². The molecule has 0 aromatic carbocycles. The van der Waals surface area contributed by atoms with Gasteiger partial charge in [-0.25, -0.2) is 0 Å². The van der Waals surface area contributed by atoms with Crippen LogP contribution in [0.25, 0.3) is 0 Å². The number of anilines is 1. The van der Waals surface area contributed by atoms with Gasteiger partial charge in [-0.15, -0.1) is 10.2 Å². The summed E-state index contributed by atoms with van der Waals surface area (Å²) in [6.07, 6.45) is 2.17. The SMILES string of the molecule is CCCNc1nnc(C(=O)NCC2CCN(C(C)C)C2)s1. The van der Waals surface area contributed by atoms with E-state index >= 15 is 0 Å². The van der Waals surface area contributed by atoms with E-state index < -0.39 is 0 Å². The van der Waals surface area contributed by atoms with Crippen LogP contribution in [0.1, 0.15) is 43.4 Å². The molecule has 2 rings (SSSR count). The average Bonchev–Trinajstić information content (AvgIpc) is 3.11. The molecule has 1 aliphatic heterocycles. The molecule has 0 aliphatic carbocycles.